The molecular weight excluding hydrogens is 376 g/mol. The third-order valence-corrected chi connectivity index (χ3v) is 8.14. The van der Waals surface area contributed by atoms with Crippen LogP contribution in [0.1, 0.15) is 50.4 Å². The van der Waals surface area contributed by atoms with Crippen LogP contribution in [0.25, 0.3) is 0 Å². The van der Waals surface area contributed by atoms with Crippen LogP contribution >= 0.6 is 0 Å². The minimum atomic E-state index is -1.75. The molecule has 29 heavy (non-hydrogen) atoms. The highest BCUT2D eigenvalue weighted by atomic mass is 16.6. The molecule has 0 spiro atoms. The molecule has 7 nitrogen and oxygen atoms in total. The molecule has 1 aliphatic heterocycles. The first kappa shape index (κ1) is 20.3. The highest BCUT2D eigenvalue weighted by Gasteiger charge is 2.80. The standard InChI is InChI=1S/C22H28O7/c1-13-9-16(29-18(25)14-7-5-4-6-8-14)22(27)19(2)12-28-17(24)11-21(13,22)10-15(23)20(19,3)26/h4-8,13,15-16,23,26-27H,9-12H2,1-3H3/t13-,15-,16+,19-,20+,21-,22+/m0/s1. The monoisotopic (exact) mass is 404 g/mol. The van der Waals surface area contributed by atoms with Gasteiger partial charge in [0.05, 0.1) is 29.1 Å². The average Bonchev–Trinajstić information content (AvgIpc) is 2.83. The van der Waals surface area contributed by atoms with Crippen LogP contribution in [-0.2, 0) is 14.3 Å². The van der Waals surface area contributed by atoms with Crippen molar-refractivity contribution < 1.29 is 34.4 Å². The summed E-state index contributed by atoms with van der Waals surface area (Å²) in [6.07, 6.45) is -1.88. The number of hydrogen-bond donors (Lipinski definition) is 3. The van der Waals surface area contributed by atoms with Crippen LogP contribution in [0.4, 0.5) is 0 Å². The molecule has 3 N–H and O–H groups in total. The molecule has 0 unspecified atom stereocenters. The first-order chi connectivity index (χ1) is 13.5. The van der Waals surface area contributed by atoms with Gasteiger partial charge < -0.3 is 24.8 Å². The van der Waals surface area contributed by atoms with Gasteiger partial charge in [-0.15, -0.1) is 0 Å². The van der Waals surface area contributed by atoms with Gasteiger partial charge in [-0.25, -0.2) is 4.79 Å². The van der Waals surface area contributed by atoms with E-state index in [2.05, 4.69) is 0 Å². The molecular formula is C22H28O7. The Morgan fingerprint density at radius 3 is 2.52 bits per heavy atom. The normalized spacial score (nSPS) is 46.4. The third kappa shape index (κ3) is 2.41. The largest absolute Gasteiger partial charge is 0.465 e. The summed E-state index contributed by atoms with van der Waals surface area (Å²) < 4.78 is 11.2. The van der Waals surface area contributed by atoms with Crippen molar-refractivity contribution in [2.24, 2.45) is 16.7 Å². The molecule has 1 heterocycles. The van der Waals surface area contributed by atoms with Crippen molar-refractivity contribution in [3.8, 4) is 0 Å². The Bertz CT molecular complexity index is 837. The zero-order valence-corrected chi connectivity index (χ0v) is 16.9. The summed E-state index contributed by atoms with van der Waals surface area (Å²) in [5.41, 5.74) is -5.65. The van der Waals surface area contributed by atoms with Gasteiger partial charge in [-0.2, -0.15) is 0 Å². The van der Waals surface area contributed by atoms with E-state index in [1.54, 1.807) is 37.3 Å². The molecule has 2 saturated carbocycles. The highest BCUT2D eigenvalue weighted by Crippen LogP contribution is 2.69. The van der Waals surface area contributed by atoms with Crippen molar-refractivity contribution in [2.75, 3.05) is 6.61 Å². The van der Waals surface area contributed by atoms with E-state index in [1.807, 2.05) is 6.92 Å². The summed E-state index contributed by atoms with van der Waals surface area (Å²) in [6.45, 7) is 4.65. The number of aliphatic hydroxyl groups is 3. The number of carbonyl (C=O) groups excluding carboxylic acids is 2. The summed E-state index contributed by atoms with van der Waals surface area (Å²) in [4.78, 5) is 25.2. The molecule has 2 bridgehead atoms. The zero-order chi connectivity index (χ0) is 21.2. The Hall–Kier alpha value is -1.96. The Balaban J connectivity index is 1.83. The van der Waals surface area contributed by atoms with Gasteiger partial charge >= 0.3 is 11.9 Å². The fourth-order valence-corrected chi connectivity index (χ4v) is 6.05. The number of esters is 2. The summed E-state index contributed by atoms with van der Waals surface area (Å²) in [6, 6.07) is 8.49. The van der Waals surface area contributed by atoms with Gasteiger partial charge in [0.15, 0.2) is 0 Å². The van der Waals surface area contributed by atoms with Crippen molar-refractivity contribution >= 4 is 11.9 Å². The summed E-state index contributed by atoms with van der Waals surface area (Å²) in [7, 11) is 0. The molecule has 3 fully saturated rings. The number of rotatable bonds is 2. The fraction of sp³-hybridized carbons (Fsp3) is 0.636. The van der Waals surface area contributed by atoms with E-state index in [9.17, 15) is 24.9 Å². The lowest BCUT2D eigenvalue weighted by Crippen LogP contribution is -2.77. The lowest BCUT2D eigenvalue weighted by Gasteiger charge is -2.63. The van der Waals surface area contributed by atoms with E-state index in [0.29, 0.717) is 12.0 Å². The van der Waals surface area contributed by atoms with Crippen LogP contribution in [0.15, 0.2) is 30.3 Å². The lowest BCUT2D eigenvalue weighted by molar-refractivity contribution is -0.315. The summed E-state index contributed by atoms with van der Waals surface area (Å²) in [5.74, 6) is -1.30. The number of hydrogen-bond acceptors (Lipinski definition) is 7. The molecule has 0 radical (unpaired) electrons. The smallest absolute Gasteiger partial charge is 0.338 e. The predicted molar refractivity (Wildman–Crippen MR) is 102 cm³/mol. The van der Waals surface area contributed by atoms with Crippen LogP contribution in [0.5, 0.6) is 0 Å². The molecule has 0 amide bonds. The second-order valence-corrected chi connectivity index (χ2v) is 9.36. The summed E-state index contributed by atoms with van der Waals surface area (Å²) >= 11 is 0. The maximum atomic E-state index is 12.8. The second-order valence-electron chi connectivity index (χ2n) is 9.36. The van der Waals surface area contributed by atoms with Gasteiger partial charge in [-0.05, 0) is 37.8 Å². The number of ether oxygens (including phenoxy) is 2. The molecule has 3 aliphatic rings. The van der Waals surface area contributed by atoms with Gasteiger partial charge in [-0.3, -0.25) is 4.79 Å². The first-order valence-corrected chi connectivity index (χ1v) is 10.0. The molecule has 4 rings (SSSR count). The van der Waals surface area contributed by atoms with Crippen molar-refractivity contribution in [1.82, 2.24) is 0 Å². The Labute approximate surface area is 169 Å². The minimum absolute atomic E-state index is 0.0156. The second kappa shape index (κ2) is 6.27. The number of cyclic esters (lactones) is 1. The number of benzene rings is 1. The molecule has 1 aromatic rings. The first-order valence-electron chi connectivity index (χ1n) is 10.0. The van der Waals surface area contributed by atoms with E-state index in [4.69, 9.17) is 9.47 Å². The maximum Gasteiger partial charge on any atom is 0.338 e. The predicted octanol–water partition coefficient (Wildman–Crippen LogP) is 1.44. The van der Waals surface area contributed by atoms with Crippen molar-refractivity contribution in [1.29, 1.82) is 0 Å². The highest BCUT2D eigenvalue weighted by molar-refractivity contribution is 5.89. The lowest BCUT2D eigenvalue weighted by atomic mass is 9.45. The van der Waals surface area contributed by atoms with Crippen LogP contribution in [0, 0.1) is 16.7 Å². The van der Waals surface area contributed by atoms with Gasteiger partial charge in [0, 0.05) is 5.41 Å². The van der Waals surface area contributed by atoms with Crippen LogP contribution in [0.2, 0.25) is 0 Å². The van der Waals surface area contributed by atoms with Gasteiger partial charge in [0.25, 0.3) is 0 Å². The van der Waals surface area contributed by atoms with Gasteiger partial charge in [-0.1, -0.05) is 32.0 Å². The Morgan fingerprint density at radius 1 is 1.21 bits per heavy atom. The molecule has 7 atom stereocenters. The van der Waals surface area contributed by atoms with Crippen molar-refractivity contribution in [3.05, 3.63) is 35.9 Å². The third-order valence-electron chi connectivity index (χ3n) is 8.14. The Kier molecular flexibility index (Phi) is 4.39. The van der Waals surface area contributed by atoms with E-state index in [-0.39, 0.29) is 25.4 Å². The Morgan fingerprint density at radius 2 is 1.86 bits per heavy atom. The van der Waals surface area contributed by atoms with E-state index < -0.39 is 46.2 Å². The van der Waals surface area contributed by atoms with Crippen molar-refractivity contribution in [2.45, 2.75) is 63.4 Å². The maximum absolute atomic E-state index is 12.8. The van der Waals surface area contributed by atoms with Crippen LogP contribution in [0.3, 0.4) is 0 Å². The zero-order valence-electron chi connectivity index (χ0n) is 16.9. The number of aliphatic hydroxyl groups excluding tert-OH is 1. The molecule has 158 valence electrons. The van der Waals surface area contributed by atoms with E-state index >= 15 is 0 Å². The molecule has 0 aromatic heterocycles. The van der Waals surface area contributed by atoms with E-state index in [1.165, 1.54) is 6.92 Å². The average molecular weight is 404 g/mol. The molecule has 7 heteroatoms. The van der Waals surface area contributed by atoms with Gasteiger partial charge in [0.1, 0.15) is 18.3 Å². The number of carbonyl (C=O) groups is 2. The van der Waals surface area contributed by atoms with E-state index in [0.717, 1.165) is 0 Å². The van der Waals surface area contributed by atoms with Gasteiger partial charge in [0.2, 0.25) is 0 Å². The minimum Gasteiger partial charge on any atom is -0.465 e. The fourth-order valence-electron chi connectivity index (χ4n) is 6.05. The molecule has 2 aliphatic carbocycles. The van der Waals surface area contributed by atoms with Crippen molar-refractivity contribution in [3.63, 3.8) is 0 Å². The quantitative estimate of drug-likeness (QED) is 0.639. The molecule has 1 aromatic carbocycles. The summed E-state index contributed by atoms with van der Waals surface area (Å²) in [5, 5.41) is 34.3. The topological polar surface area (TPSA) is 113 Å². The molecule has 1 saturated heterocycles. The SMILES string of the molecule is C[C@H]1C[C@@H](OC(=O)c2ccccc2)[C@]2(O)[C@@]13CC(=O)OC[C@@]2(C)[C@](C)(O)[C@@H](O)C3. The van der Waals surface area contributed by atoms with Crippen LogP contribution < -0.4 is 0 Å². The van der Waals surface area contributed by atoms with Crippen LogP contribution in [-0.4, -0.2) is 57.3 Å².